The number of hydrogen-bond donors (Lipinski definition) is 1. The van der Waals surface area contributed by atoms with Gasteiger partial charge in [-0.25, -0.2) is 4.39 Å². The predicted molar refractivity (Wildman–Crippen MR) is 75.1 cm³/mol. The maximum Gasteiger partial charge on any atom is 0.125 e. The summed E-state index contributed by atoms with van der Waals surface area (Å²) >= 11 is 0. The van der Waals surface area contributed by atoms with Crippen LogP contribution in [0.1, 0.15) is 16.7 Å². The van der Waals surface area contributed by atoms with Crippen LogP contribution in [0.5, 0.6) is 0 Å². The molecular formula is C16H17FN2. The van der Waals surface area contributed by atoms with E-state index >= 15 is 0 Å². The van der Waals surface area contributed by atoms with E-state index in [0.717, 1.165) is 31.6 Å². The molecule has 2 nitrogen and oxygen atoms in total. The lowest BCUT2D eigenvalue weighted by Crippen LogP contribution is -2.30. The second-order valence-corrected chi connectivity index (χ2v) is 5.07. The number of nitrogen functional groups attached to an aromatic ring is 1. The van der Waals surface area contributed by atoms with E-state index in [2.05, 4.69) is 29.2 Å². The highest BCUT2D eigenvalue weighted by Gasteiger charge is 2.16. The molecule has 0 bridgehead atoms. The smallest absolute Gasteiger partial charge is 0.125 e. The molecule has 0 radical (unpaired) electrons. The molecule has 0 unspecified atom stereocenters. The van der Waals surface area contributed by atoms with Crippen LogP contribution in [-0.2, 0) is 19.5 Å². The van der Waals surface area contributed by atoms with Gasteiger partial charge in [-0.2, -0.15) is 0 Å². The Bertz CT molecular complexity index is 595. The molecule has 0 saturated carbocycles. The third kappa shape index (κ3) is 2.61. The Morgan fingerprint density at radius 3 is 2.68 bits per heavy atom. The zero-order valence-corrected chi connectivity index (χ0v) is 10.8. The maximum absolute atomic E-state index is 13.0. The van der Waals surface area contributed by atoms with Gasteiger partial charge in [-0.1, -0.05) is 30.3 Å². The first-order valence-electron chi connectivity index (χ1n) is 6.55. The van der Waals surface area contributed by atoms with E-state index in [1.54, 1.807) is 6.07 Å². The first-order valence-corrected chi connectivity index (χ1v) is 6.55. The van der Waals surface area contributed by atoms with Crippen molar-refractivity contribution in [3.8, 4) is 0 Å². The largest absolute Gasteiger partial charge is 0.398 e. The van der Waals surface area contributed by atoms with Crippen LogP contribution < -0.4 is 5.73 Å². The van der Waals surface area contributed by atoms with Crippen LogP contribution in [0.4, 0.5) is 10.1 Å². The van der Waals surface area contributed by atoms with Gasteiger partial charge in [-0.15, -0.1) is 0 Å². The van der Waals surface area contributed by atoms with Crippen LogP contribution in [0, 0.1) is 5.82 Å². The van der Waals surface area contributed by atoms with Crippen LogP contribution in [-0.4, -0.2) is 11.4 Å². The highest BCUT2D eigenvalue weighted by atomic mass is 19.1. The monoisotopic (exact) mass is 256 g/mol. The van der Waals surface area contributed by atoms with Crippen molar-refractivity contribution in [2.45, 2.75) is 19.5 Å². The first kappa shape index (κ1) is 12.2. The SMILES string of the molecule is Nc1cc(F)ccc1CN1CCc2ccccc2C1. The zero-order valence-electron chi connectivity index (χ0n) is 10.8. The molecule has 0 aromatic heterocycles. The van der Waals surface area contributed by atoms with E-state index in [4.69, 9.17) is 5.73 Å². The number of benzene rings is 2. The van der Waals surface area contributed by atoms with Crippen molar-refractivity contribution in [3.05, 3.63) is 65.0 Å². The molecule has 2 aromatic rings. The second kappa shape index (κ2) is 5.02. The summed E-state index contributed by atoms with van der Waals surface area (Å²) in [5.41, 5.74) is 10.2. The van der Waals surface area contributed by atoms with Crippen LogP contribution in [0.25, 0.3) is 0 Å². The lowest BCUT2D eigenvalue weighted by atomic mass is 9.99. The molecule has 0 atom stereocenters. The zero-order chi connectivity index (χ0) is 13.2. The van der Waals surface area contributed by atoms with Crippen molar-refractivity contribution >= 4 is 5.69 Å². The molecule has 3 rings (SSSR count). The molecule has 0 amide bonds. The summed E-state index contributed by atoms with van der Waals surface area (Å²) in [5, 5.41) is 0. The topological polar surface area (TPSA) is 29.3 Å². The summed E-state index contributed by atoms with van der Waals surface area (Å²) in [6, 6.07) is 13.2. The van der Waals surface area contributed by atoms with E-state index < -0.39 is 0 Å². The van der Waals surface area contributed by atoms with E-state index in [0.29, 0.717) is 5.69 Å². The van der Waals surface area contributed by atoms with Crippen molar-refractivity contribution in [1.82, 2.24) is 4.90 Å². The van der Waals surface area contributed by atoms with Crippen molar-refractivity contribution in [1.29, 1.82) is 0 Å². The van der Waals surface area contributed by atoms with E-state index in [1.165, 1.54) is 23.3 Å². The van der Waals surface area contributed by atoms with Crippen LogP contribution >= 0.6 is 0 Å². The lowest BCUT2D eigenvalue weighted by molar-refractivity contribution is 0.246. The van der Waals surface area contributed by atoms with E-state index in [-0.39, 0.29) is 5.82 Å². The Hall–Kier alpha value is -1.87. The van der Waals surface area contributed by atoms with E-state index in [1.807, 2.05) is 0 Å². The van der Waals surface area contributed by atoms with Gasteiger partial charge in [0.25, 0.3) is 0 Å². The quantitative estimate of drug-likeness (QED) is 0.837. The summed E-state index contributed by atoms with van der Waals surface area (Å²) in [6.07, 6.45) is 1.07. The van der Waals surface area contributed by atoms with E-state index in [9.17, 15) is 4.39 Å². The van der Waals surface area contributed by atoms with Gasteiger partial charge in [0.2, 0.25) is 0 Å². The number of hydrogen-bond acceptors (Lipinski definition) is 2. The minimum absolute atomic E-state index is 0.273. The highest BCUT2D eigenvalue weighted by Crippen LogP contribution is 2.22. The number of nitrogens with two attached hydrogens (primary N) is 1. The van der Waals surface area contributed by atoms with Crippen LogP contribution in [0.15, 0.2) is 42.5 Å². The van der Waals surface area contributed by atoms with Gasteiger partial charge in [0.05, 0.1) is 0 Å². The highest BCUT2D eigenvalue weighted by molar-refractivity contribution is 5.46. The maximum atomic E-state index is 13.0. The summed E-state index contributed by atoms with van der Waals surface area (Å²) in [5.74, 6) is -0.273. The molecule has 3 heteroatoms. The predicted octanol–water partition coefficient (Wildman–Crippen LogP) is 2.97. The number of halogens is 1. The summed E-state index contributed by atoms with van der Waals surface area (Å²) in [7, 11) is 0. The van der Waals surface area contributed by atoms with Crippen molar-refractivity contribution in [2.75, 3.05) is 12.3 Å². The van der Waals surface area contributed by atoms with Crippen molar-refractivity contribution in [2.24, 2.45) is 0 Å². The molecule has 0 spiro atoms. The molecule has 2 N–H and O–H groups in total. The molecule has 19 heavy (non-hydrogen) atoms. The average molecular weight is 256 g/mol. The van der Waals surface area contributed by atoms with Crippen molar-refractivity contribution < 1.29 is 4.39 Å². The molecule has 0 aliphatic carbocycles. The Morgan fingerprint density at radius 1 is 1.11 bits per heavy atom. The Balaban J connectivity index is 1.75. The number of nitrogens with zero attached hydrogens (tertiary/aromatic N) is 1. The van der Waals surface area contributed by atoms with Gasteiger partial charge < -0.3 is 5.73 Å². The Kier molecular flexibility index (Phi) is 3.22. The molecular weight excluding hydrogens is 239 g/mol. The molecule has 2 aromatic carbocycles. The molecule has 1 aliphatic rings. The summed E-state index contributed by atoms with van der Waals surface area (Å²) in [6.45, 7) is 2.74. The fraction of sp³-hybridized carbons (Fsp3) is 0.250. The Labute approximate surface area is 112 Å². The average Bonchev–Trinajstić information content (AvgIpc) is 2.42. The second-order valence-electron chi connectivity index (χ2n) is 5.07. The molecule has 1 heterocycles. The Morgan fingerprint density at radius 2 is 1.89 bits per heavy atom. The molecule has 0 saturated heterocycles. The van der Waals surface area contributed by atoms with Gasteiger partial charge in [0.15, 0.2) is 0 Å². The first-order chi connectivity index (χ1) is 9.22. The third-order valence-electron chi connectivity index (χ3n) is 3.71. The number of anilines is 1. The normalized spacial score (nSPS) is 15.2. The fourth-order valence-electron chi connectivity index (χ4n) is 2.64. The van der Waals surface area contributed by atoms with Gasteiger partial charge in [-0.05, 0) is 35.2 Å². The fourth-order valence-corrected chi connectivity index (χ4v) is 2.64. The minimum atomic E-state index is -0.273. The van der Waals surface area contributed by atoms with Crippen LogP contribution in [0.2, 0.25) is 0 Å². The molecule has 0 fully saturated rings. The summed E-state index contributed by atoms with van der Waals surface area (Å²) in [4.78, 5) is 2.35. The van der Waals surface area contributed by atoms with Gasteiger partial charge in [0.1, 0.15) is 5.82 Å². The van der Waals surface area contributed by atoms with Crippen LogP contribution in [0.3, 0.4) is 0 Å². The number of rotatable bonds is 2. The molecule has 1 aliphatic heterocycles. The lowest BCUT2D eigenvalue weighted by Gasteiger charge is -2.29. The van der Waals surface area contributed by atoms with Crippen molar-refractivity contribution in [3.63, 3.8) is 0 Å². The number of fused-ring (bicyclic) bond motifs is 1. The van der Waals surface area contributed by atoms with Gasteiger partial charge in [-0.3, -0.25) is 4.90 Å². The minimum Gasteiger partial charge on any atom is -0.398 e. The van der Waals surface area contributed by atoms with Gasteiger partial charge in [0, 0.05) is 25.3 Å². The molecule has 98 valence electrons. The van der Waals surface area contributed by atoms with Gasteiger partial charge >= 0.3 is 0 Å². The standard InChI is InChI=1S/C16H17FN2/c17-15-6-5-14(16(18)9-15)11-19-8-7-12-3-1-2-4-13(12)10-19/h1-6,9H,7-8,10-11,18H2. The summed E-state index contributed by atoms with van der Waals surface area (Å²) < 4.78 is 13.0. The third-order valence-corrected chi connectivity index (χ3v) is 3.71.